The highest BCUT2D eigenvalue weighted by molar-refractivity contribution is 7.10. The lowest BCUT2D eigenvalue weighted by Gasteiger charge is -2.19. The molecule has 3 atom stereocenters. The first kappa shape index (κ1) is 23.1. The van der Waals surface area contributed by atoms with Crippen LogP contribution in [0.2, 0.25) is 0 Å². The van der Waals surface area contributed by atoms with Crippen LogP contribution in [0.4, 0.5) is 0 Å². The van der Waals surface area contributed by atoms with E-state index < -0.39 is 23.9 Å². The van der Waals surface area contributed by atoms with Crippen LogP contribution in [0.1, 0.15) is 99.0 Å². The number of amides is 3. The molecule has 3 aromatic rings. The molecule has 0 saturated heterocycles. The second-order valence-corrected chi connectivity index (χ2v) is 9.96. The number of nitrogens with zero attached hydrogens (tertiary/aromatic N) is 3. The van der Waals surface area contributed by atoms with E-state index in [9.17, 15) is 14.4 Å². The Balaban J connectivity index is 1.74. The van der Waals surface area contributed by atoms with Crippen LogP contribution >= 0.6 is 22.7 Å². The molecule has 33 heavy (non-hydrogen) atoms. The minimum absolute atomic E-state index is 0.0329. The Bertz CT molecular complexity index is 1210. The van der Waals surface area contributed by atoms with E-state index in [0.29, 0.717) is 15.8 Å². The molecule has 4 rings (SSSR count). The number of aryl methyl sites for hydroxylation is 1. The summed E-state index contributed by atoms with van der Waals surface area (Å²) >= 11 is 2.59. The van der Waals surface area contributed by atoms with Crippen LogP contribution in [0, 0.1) is 12.8 Å². The van der Waals surface area contributed by atoms with Gasteiger partial charge >= 0.3 is 0 Å². The van der Waals surface area contributed by atoms with Crippen LogP contribution < -0.4 is 16.0 Å². The number of carbonyl (C=O) groups excluding carboxylic acids is 3. The van der Waals surface area contributed by atoms with Crippen LogP contribution in [0.25, 0.3) is 0 Å². The van der Waals surface area contributed by atoms with Gasteiger partial charge in [0.05, 0.1) is 12.1 Å². The third-order valence-electron chi connectivity index (χ3n) is 5.19. The summed E-state index contributed by atoms with van der Waals surface area (Å²) in [6.45, 7) is 9.06. The summed E-state index contributed by atoms with van der Waals surface area (Å²) < 4.78 is 5.65. The Morgan fingerprint density at radius 2 is 1.42 bits per heavy atom. The Labute approximate surface area is 198 Å². The number of oxazole rings is 1. The quantitative estimate of drug-likeness (QED) is 0.477. The van der Waals surface area contributed by atoms with E-state index >= 15 is 0 Å². The maximum absolute atomic E-state index is 12.9. The average Bonchev–Trinajstić information content (AvgIpc) is 3.50. The van der Waals surface area contributed by atoms with Gasteiger partial charge in [-0.25, -0.2) is 15.0 Å². The highest BCUT2D eigenvalue weighted by Gasteiger charge is 2.28. The molecule has 0 fully saturated rings. The predicted molar refractivity (Wildman–Crippen MR) is 122 cm³/mol. The summed E-state index contributed by atoms with van der Waals surface area (Å²) in [6, 6.07) is -1.41. The number of fused-ring (bicyclic) bond motifs is 6. The van der Waals surface area contributed by atoms with Gasteiger partial charge in [0.15, 0.2) is 5.69 Å². The minimum atomic E-state index is -0.582. The molecule has 10 nitrogen and oxygen atoms in total. The van der Waals surface area contributed by atoms with Crippen molar-refractivity contribution in [3.8, 4) is 0 Å². The van der Waals surface area contributed by atoms with Gasteiger partial charge in [-0.3, -0.25) is 14.4 Å². The smallest absolute Gasteiger partial charge is 0.274 e. The first-order valence-electron chi connectivity index (χ1n) is 10.4. The molecule has 4 heterocycles. The van der Waals surface area contributed by atoms with Gasteiger partial charge in [-0.15, -0.1) is 22.7 Å². The third kappa shape index (κ3) is 4.67. The number of thiazole rings is 2. The summed E-state index contributed by atoms with van der Waals surface area (Å²) in [5.41, 5.74) is 0.615. The van der Waals surface area contributed by atoms with Gasteiger partial charge in [0.2, 0.25) is 5.89 Å². The number of hydrogen-bond acceptors (Lipinski definition) is 9. The van der Waals surface area contributed by atoms with Gasteiger partial charge in [0.25, 0.3) is 17.7 Å². The maximum atomic E-state index is 12.9. The Morgan fingerprint density at radius 1 is 0.848 bits per heavy atom. The third-order valence-corrected chi connectivity index (χ3v) is 7.15. The zero-order valence-corrected chi connectivity index (χ0v) is 20.4. The summed E-state index contributed by atoms with van der Waals surface area (Å²) in [6.07, 6.45) is 0. The summed E-state index contributed by atoms with van der Waals surface area (Å²) in [5.74, 6) is -0.588. The fourth-order valence-corrected chi connectivity index (χ4v) is 5.15. The van der Waals surface area contributed by atoms with Gasteiger partial charge in [0, 0.05) is 10.8 Å². The van der Waals surface area contributed by atoms with Gasteiger partial charge < -0.3 is 20.4 Å². The lowest BCUT2D eigenvalue weighted by molar-refractivity contribution is 0.0919. The standard InChI is InChI=1S/C21H24N6O4S2/c1-8(2)14-21-25-12(7-33-21)16(28)22-9(3)19-27-15(11(5)31-19)18(30)23-10(4)20-24-13(6-32-20)17(29)26-14/h6-10,14H,1-5H3,(H,22,28)(H,23,30)(H,26,29)/t9-,10+,14+/m0/s1. The first-order valence-corrected chi connectivity index (χ1v) is 12.2. The lowest BCUT2D eigenvalue weighted by atomic mass is 10.1. The van der Waals surface area contributed by atoms with Crippen molar-refractivity contribution in [2.45, 2.75) is 52.7 Å². The minimum Gasteiger partial charge on any atom is -0.443 e. The van der Waals surface area contributed by atoms with E-state index in [-0.39, 0.29) is 40.8 Å². The second-order valence-electron chi connectivity index (χ2n) is 8.18. The van der Waals surface area contributed by atoms with Crippen molar-refractivity contribution < 1.29 is 18.8 Å². The molecule has 3 N–H and O–H groups in total. The maximum Gasteiger partial charge on any atom is 0.274 e. The fourth-order valence-electron chi connectivity index (χ4n) is 3.33. The van der Waals surface area contributed by atoms with Gasteiger partial charge in [0.1, 0.15) is 33.2 Å². The molecule has 0 spiro atoms. The normalized spacial score (nSPS) is 21.8. The predicted octanol–water partition coefficient (Wildman–Crippen LogP) is 3.32. The van der Waals surface area contributed by atoms with Gasteiger partial charge in [-0.05, 0) is 26.7 Å². The SMILES string of the molecule is Cc1oc2nc1C(=O)N[C@H](C)c1nc(cs1)C(=O)N[C@H](C(C)C)c1nc(cs1)C(=O)N[C@H]2C. The number of rotatable bonds is 1. The largest absolute Gasteiger partial charge is 0.443 e. The Hall–Kier alpha value is -3.12. The van der Waals surface area contributed by atoms with E-state index in [1.807, 2.05) is 13.8 Å². The first-order chi connectivity index (χ1) is 15.6. The highest BCUT2D eigenvalue weighted by Crippen LogP contribution is 2.27. The molecule has 0 aromatic carbocycles. The molecule has 12 heteroatoms. The van der Waals surface area contributed by atoms with Crippen molar-refractivity contribution in [3.63, 3.8) is 0 Å². The van der Waals surface area contributed by atoms with Crippen molar-refractivity contribution in [3.05, 3.63) is 49.5 Å². The molecule has 0 unspecified atom stereocenters. The molecule has 3 amide bonds. The molecular formula is C21H24N6O4S2. The number of hydrogen-bond donors (Lipinski definition) is 3. The van der Waals surface area contributed by atoms with E-state index in [4.69, 9.17) is 4.42 Å². The molecule has 1 aliphatic heterocycles. The fraction of sp³-hybridized carbons (Fsp3) is 0.429. The molecule has 1 aliphatic rings. The number of nitrogens with one attached hydrogen (secondary N) is 3. The van der Waals surface area contributed by atoms with Crippen LogP contribution in [0.15, 0.2) is 15.2 Å². The van der Waals surface area contributed by atoms with Crippen molar-refractivity contribution in [2.75, 3.05) is 0 Å². The van der Waals surface area contributed by atoms with Crippen LogP contribution in [0.5, 0.6) is 0 Å². The van der Waals surface area contributed by atoms with Gasteiger partial charge in [-0.1, -0.05) is 13.8 Å². The number of aromatic nitrogens is 3. The monoisotopic (exact) mass is 488 g/mol. The zero-order chi connectivity index (χ0) is 23.9. The van der Waals surface area contributed by atoms with E-state index in [2.05, 4.69) is 30.9 Å². The second kappa shape index (κ2) is 9.02. The molecule has 0 saturated carbocycles. The Morgan fingerprint density at radius 3 is 2.09 bits per heavy atom. The van der Waals surface area contributed by atoms with Crippen molar-refractivity contribution >= 4 is 40.4 Å². The summed E-state index contributed by atoms with van der Waals surface area (Å²) in [4.78, 5) is 51.6. The molecule has 0 radical (unpaired) electrons. The molecule has 0 aliphatic carbocycles. The average molecular weight is 489 g/mol. The molecule has 6 bridgehead atoms. The van der Waals surface area contributed by atoms with E-state index in [1.54, 1.807) is 31.5 Å². The molecular weight excluding hydrogens is 464 g/mol. The van der Waals surface area contributed by atoms with Gasteiger partial charge in [-0.2, -0.15) is 0 Å². The van der Waals surface area contributed by atoms with E-state index in [1.165, 1.54) is 22.7 Å². The van der Waals surface area contributed by atoms with E-state index in [0.717, 1.165) is 0 Å². The number of carbonyl (C=O) groups is 3. The van der Waals surface area contributed by atoms with Crippen molar-refractivity contribution in [2.24, 2.45) is 5.92 Å². The van der Waals surface area contributed by atoms with Crippen molar-refractivity contribution in [1.29, 1.82) is 0 Å². The summed E-state index contributed by atoms with van der Waals surface area (Å²) in [7, 11) is 0. The van der Waals surface area contributed by atoms with Crippen LogP contribution in [-0.2, 0) is 0 Å². The summed E-state index contributed by atoms with van der Waals surface area (Å²) in [5, 5.41) is 13.1. The van der Waals surface area contributed by atoms with Crippen molar-refractivity contribution in [1.82, 2.24) is 30.9 Å². The molecule has 174 valence electrons. The molecule has 3 aromatic heterocycles. The van der Waals surface area contributed by atoms with Crippen LogP contribution in [-0.4, -0.2) is 32.7 Å². The Kier molecular flexibility index (Phi) is 6.30. The van der Waals surface area contributed by atoms with Crippen LogP contribution in [0.3, 0.4) is 0 Å². The lowest BCUT2D eigenvalue weighted by Crippen LogP contribution is -2.32. The highest BCUT2D eigenvalue weighted by atomic mass is 32.1. The zero-order valence-electron chi connectivity index (χ0n) is 18.8. The topological polar surface area (TPSA) is 139 Å².